The van der Waals surface area contributed by atoms with Gasteiger partial charge in [-0.1, -0.05) is 6.07 Å². The van der Waals surface area contributed by atoms with Gasteiger partial charge in [0.2, 0.25) is 0 Å². The van der Waals surface area contributed by atoms with Crippen LogP contribution in [0.1, 0.15) is 24.9 Å². The topological polar surface area (TPSA) is 52.3 Å². The van der Waals surface area contributed by atoms with E-state index >= 15 is 0 Å². The van der Waals surface area contributed by atoms with Gasteiger partial charge in [0, 0.05) is 23.2 Å². The molecule has 6 heteroatoms. The van der Waals surface area contributed by atoms with E-state index in [4.69, 9.17) is 10.5 Å². The smallest absolute Gasteiger partial charge is 0.307 e. The highest BCUT2D eigenvalue weighted by molar-refractivity contribution is 5.71. The van der Waals surface area contributed by atoms with Crippen molar-refractivity contribution in [1.82, 2.24) is 0 Å². The highest BCUT2D eigenvalue weighted by atomic mass is 19.1. The Morgan fingerprint density at radius 1 is 1.13 bits per heavy atom. The third-order valence-corrected chi connectivity index (χ3v) is 3.33. The van der Waals surface area contributed by atoms with Crippen molar-refractivity contribution in [3.63, 3.8) is 0 Å². The number of rotatable bonds is 5. The molecule has 0 bridgehead atoms. The van der Waals surface area contributed by atoms with Gasteiger partial charge in [0.05, 0.1) is 13.0 Å². The predicted molar refractivity (Wildman–Crippen MR) is 79.9 cm³/mol. The van der Waals surface area contributed by atoms with Crippen molar-refractivity contribution in [2.45, 2.75) is 19.4 Å². The summed E-state index contributed by atoms with van der Waals surface area (Å²) in [5.41, 5.74) is 6.38. The minimum atomic E-state index is -0.919. The quantitative estimate of drug-likeness (QED) is 0.853. The first kappa shape index (κ1) is 17.0. The second kappa shape index (κ2) is 7.28. The molecule has 2 rings (SSSR count). The molecule has 0 radical (unpaired) electrons. The maximum absolute atomic E-state index is 14.0. The van der Waals surface area contributed by atoms with E-state index in [1.807, 2.05) is 0 Å². The second-order valence-corrected chi connectivity index (χ2v) is 4.98. The first-order chi connectivity index (χ1) is 10.9. The van der Waals surface area contributed by atoms with Gasteiger partial charge in [0.1, 0.15) is 17.5 Å². The zero-order valence-corrected chi connectivity index (χ0v) is 12.5. The molecule has 1 unspecified atom stereocenters. The Hall–Kier alpha value is -2.34. The summed E-state index contributed by atoms with van der Waals surface area (Å²) in [6.45, 7) is 1.86. The molecule has 3 nitrogen and oxygen atoms in total. The van der Waals surface area contributed by atoms with Crippen molar-refractivity contribution in [1.29, 1.82) is 0 Å². The summed E-state index contributed by atoms with van der Waals surface area (Å²) >= 11 is 0. The van der Waals surface area contributed by atoms with Gasteiger partial charge >= 0.3 is 5.97 Å². The maximum atomic E-state index is 14.0. The van der Waals surface area contributed by atoms with E-state index in [9.17, 15) is 18.0 Å². The number of benzene rings is 2. The minimum absolute atomic E-state index is 0.0688. The van der Waals surface area contributed by atoms with Crippen molar-refractivity contribution in [3.05, 3.63) is 59.4 Å². The van der Waals surface area contributed by atoms with E-state index in [1.54, 1.807) is 6.92 Å². The molecule has 2 N–H and O–H groups in total. The lowest BCUT2D eigenvalue weighted by Crippen LogP contribution is -2.18. The molecule has 0 fully saturated rings. The zero-order chi connectivity index (χ0) is 17.0. The Bertz CT molecular complexity index is 719. The van der Waals surface area contributed by atoms with Gasteiger partial charge in [-0.2, -0.15) is 0 Å². The summed E-state index contributed by atoms with van der Waals surface area (Å²) in [7, 11) is 0. The van der Waals surface area contributed by atoms with Crippen molar-refractivity contribution >= 4 is 5.97 Å². The molecule has 0 aliphatic carbocycles. The Labute approximate surface area is 131 Å². The number of carbonyl (C=O) groups excluding carboxylic acids is 1. The molecule has 23 heavy (non-hydrogen) atoms. The van der Waals surface area contributed by atoms with Crippen LogP contribution < -0.4 is 5.73 Å². The Kier molecular flexibility index (Phi) is 5.39. The third-order valence-electron chi connectivity index (χ3n) is 3.33. The fourth-order valence-electron chi connectivity index (χ4n) is 2.23. The molecule has 0 heterocycles. The van der Waals surface area contributed by atoms with Gasteiger partial charge in [-0.15, -0.1) is 0 Å². The molecule has 0 saturated heterocycles. The second-order valence-electron chi connectivity index (χ2n) is 4.98. The first-order valence-corrected chi connectivity index (χ1v) is 7.08. The van der Waals surface area contributed by atoms with Crippen molar-refractivity contribution in [3.8, 4) is 11.1 Å². The van der Waals surface area contributed by atoms with Crippen LogP contribution in [0.25, 0.3) is 11.1 Å². The monoisotopic (exact) mass is 323 g/mol. The van der Waals surface area contributed by atoms with Crippen molar-refractivity contribution < 1.29 is 22.7 Å². The maximum Gasteiger partial charge on any atom is 0.307 e. The largest absolute Gasteiger partial charge is 0.466 e. The summed E-state index contributed by atoms with van der Waals surface area (Å²) in [4.78, 5) is 11.5. The summed E-state index contributed by atoms with van der Waals surface area (Å²) in [5.74, 6) is -2.61. The summed E-state index contributed by atoms with van der Waals surface area (Å²) in [6.07, 6.45) is -0.194. The number of hydrogen-bond donors (Lipinski definition) is 1. The summed E-state index contributed by atoms with van der Waals surface area (Å²) in [6, 6.07) is 6.06. The number of esters is 1. The van der Waals surface area contributed by atoms with Crippen molar-refractivity contribution in [2.75, 3.05) is 6.61 Å². The van der Waals surface area contributed by atoms with Crippen LogP contribution in [0.5, 0.6) is 0 Å². The molecule has 122 valence electrons. The highest BCUT2D eigenvalue weighted by Gasteiger charge is 2.18. The van der Waals surface area contributed by atoms with E-state index < -0.39 is 29.5 Å². The van der Waals surface area contributed by atoms with Crippen LogP contribution in [-0.2, 0) is 9.53 Å². The van der Waals surface area contributed by atoms with Crippen LogP contribution in [0.15, 0.2) is 36.4 Å². The van der Waals surface area contributed by atoms with Gasteiger partial charge in [0.15, 0.2) is 0 Å². The number of hydrogen-bond acceptors (Lipinski definition) is 3. The normalized spacial score (nSPS) is 12.0. The zero-order valence-electron chi connectivity index (χ0n) is 12.5. The van der Waals surface area contributed by atoms with Gasteiger partial charge < -0.3 is 10.5 Å². The molecule has 0 aliphatic rings. The summed E-state index contributed by atoms with van der Waals surface area (Å²) in [5, 5.41) is 0. The number of ether oxygens (including phenoxy) is 1. The molecule has 0 spiro atoms. The lowest BCUT2D eigenvalue weighted by molar-refractivity contribution is -0.143. The Morgan fingerprint density at radius 3 is 2.52 bits per heavy atom. The van der Waals surface area contributed by atoms with E-state index in [2.05, 4.69) is 0 Å². The number of halogens is 3. The molecular weight excluding hydrogens is 307 g/mol. The number of carbonyl (C=O) groups is 1. The predicted octanol–water partition coefficient (Wildman–Crippen LogP) is 3.72. The van der Waals surface area contributed by atoms with Crippen LogP contribution >= 0.6 is 0 Å². The van der Waals surface area contributed by atoms with Crippen LogP contribution in [0.3, 0.4) is 0 Å². The van der Waals surface area contributed by atoms with E-state index in [1.165, 1.54) is 18.2 Å². The highest BCUT2D eigenvalue weighted by Crippen LogP contribution is 2.28. The van der Waals surface area contributed by atoms with Crippen LogP contribution in [0.4, 0.5) is 13.2 Å². The molecule has 2 aromatic rings. The minimum Gasteiger partial charge on any atom is -0.466 e. The van der Waals surface area contributed by atoms with Crippen LogP contribution in [0.2, 0.25) is 0 Å². The molecule has 0 saturated carbocycles. The lowest BCUT2D eigenvalue weighted by atomic mass is 9.97. The number of nitrogens with two attached hydrogens (primary N) is 1. The standard InChI is InChI=1S/C17H16F3NO2/c1-2-23-17(22)9-16(21)13-7-10(3-6-14(13)19)12-5-4-11(18)8-15(12)20/h3-8,16H,2,9,21H2,1H3. The Morgan fingerprint density at radius 2 is 1.87 bits per heavy atom. The van der Waals surface area contributed by atoms with E-state index in [-0.39, 0.29) is 24.2 Å². The van der Waals surface area contributed by atoms with E-state index in [0.717, 1.165) is 18.2 Å². The molecule has 0 amide bonds. The molecule has 1 atom stereocenters. The van der Waals surface area contributed by atoms with Gasteiger partial charge in [-0.3, -0.25) is 4.79 Å². The average molecular weight is 323 g/mol. The fourth-order valence-corrected chi connectivity index (χ4v) is 2.23. The SMILES string of the molecule is CCOC(=O)CC(N)c1cc(-c2ccc(F)cc2F)ccc1F. The van der Waals surface area contributed by atoms with Gasteiger partial charge in [-0.05, 0) is 36.8 Å². The molecule has 0 aliphatic heterocycles. The molecule has 0 aromatic heterocycles. The van der Waals surface area contributed by atoms with Crippen molar-refractivity contribution in [2.24, 2.45) is 5.73 Å². The van der Waals surface area contributed by atoms with Crippen LogP contribution in [-0.4, -0.2) is 12.6 Å². The molecular formula is C17H16F3NO2. The fraction of sp³-hybridized carbons (Fsp3) is 0.235. The van der Waals surface area contributed by atoms with Gasteiger partial charge in [-0.25, -0.2) is 13.2 Å². The van der Waals surface area contributed by atoms with Crippen LogP contribution in [0, 0.1) is 17.5 Å². The Balaban J connectivity index is 2.33. The first-order valence-electron chi connectivity index (χ1n) is 7.08. The third kappa shape index (κ3) is 4.10. The van der Waals surface area contributed by atoms with Gasteiger partial charge in [0.25, 0.3) is 0 Å². The van der Waals surface area contributed by atoms with E-state index in [0.29, 0.717) is 5.56 Å². The average Bonchev–Trinajstić information content (AvgIpc) is 2.48. The summed E-state index contributed by atoms with van der Waals surface area (Å²) < 4.78 is 45.5. The molecule has 2 aromatic carbocycles. The lowest BCUT2D eigenvalue weighted by Gasteiger charge is -2.14.